The van der Waals surface area contributed by atoms with Crippen molar-refractivity contribution in [3.63, 3.8) is 0 Å². The summed E-state index contributed by atoms with van der Waals surface area (Å²) in [7, 11) is 1.61. The molecular formula is C13H13FN4O2. The number of nitrogen functional groups attached to an aromatic ring is 1. The summed E-state index contributed by atoms with van der Waals surface area (Å²) in [6, 6.07) is 3.74. The second-order valence-electron chi connectivity index (χ2n) is 4.82. The van der Waals surface area contributed by atoms with E-state index in [0.29, 0.717) is 11.4 Å². The van der Waals surface area contributed by atoms with Crippen LogP contribution in [0.15, 0.2) is 18.2 Å². The van der Waals surface area contributed by atoms with E-state index in [1.165, 1.54) is 16.8 Å². The summed E-state index contributed by atoms with van der Waals surface area (Å²) >= 11 is 0. The lowest BCUT2D eigenvalue weighted by Gasteiger charge is -2.21. The molecule has 2 heterocycles. The zero-order valence-corrected chi connectivity index (χ0v) is 10.9. The highest BCUT2D eigenvalue weighted by atomic mass is 19.1. The van der Waals surface area contributed by atoms with E-state index < -0.39 is 17.3 Å². The van der Waals surface area contributed by atoms with Gasteiger partial charge >= 0.3 is 0 Å². The Kier molecular flexibility index (Phi) is 2.39. The first-order chi connectivity index (χ1) is 9.35. The SMILES string of the molecule is Cc1nn(C)c(N)c1[C@@]1(O)C(=O)Nc2ccc(F)cc21. The van der Waals surface area contributed by atoms with Crippen molar-refractivity contribution >= 4 is 17.4 Å². The molecule has 0 saturated heterocycles. The van der Waals surface area contributed by atoms with Crippen molar-refractivity contribution in [3.05, 3.63) is 40.8 Å². The molecule has 4 N–H and O–H groups in total. The van der Waals surface area contributed by atoms with Gasteiger partial charge in [-0.25, -0.2) is 4.39 Å². The summed E-state index contributed by atoms with van der Waals surface area (Å²) in [5.41, 5.74) is 4.97. The fourth-order valence-electron chi connectivity index (χ4n) is 2.63. The van der Waals surface area contributed by atoms with Crippen molar-refractivity contribution in [1.29, 1.82) is 0 Å². The molecule has 0 bridgehead atoms. The third kappa shape index (κ3) is 1.41. The van der Waals surface area contributed by atoms with Gasteiger partial charge in [-0.1, -0.05) is 0 Å². The van der Waals surface area contributed by atoms with Crippen LogP contribution in [0.5, 0.6) is 0 Å². The van der Waals surface area contributed by atoms with E-state index in [1.807, 2.05) is 0 Å². The molecule has 0 fully saturated rings. The van der Waals surface area contributed by atoms with Crippen LogP contribution in [-0.4, -0.2) is 20.8 Å². The maximum absolute atomic E-state index is 13.5. The van der Waals surface area contributed by atoms with Crippen LogP contribution in [0.4, 0.5) is 15.9 Å². The molecule has 104 valence electrons. The Morgan fingerprint density at radius 3 is 2.80 bits per heavy atom. The van der Waals surface area contributed by atoms with Crippen molar-refractivity contribution in [2.75, 3.05) is 11.1 Å². The first-order valence-corrected chi connectivity index (χ1v) is 5.99. The first kappa shape index (κ1) is 12.6. The number of nitrogens with zero attached hydrogens (tertiary/aromatic N) is 2. The van der Waals surface area contributed by atoms with Gasteiger partial charge in [0.2, 0.25) is 5.60 Å². The number of nitrogens with one attached hydrogen (secondary N) is 1. The molecule has 0 saturated carbocycles. The maximum atomic E-state index is 13.5. The molecule has 1 aromatic heterocycles. The lowest BCUT2D eigenvalue weighted by Crippen LogP contribution is -2.36. The van der Waals surface area contributed by atoms with E-state index in [0.717, 1.165) is 6.07 Å². The minimum atomic E-state index is -2.03. The van der Waals surface area contributed by atoms with Gasteiger partial charge in [-0.05, 0) is 25.1 Å². The number of nitrogens with two attached hydrogens (primary N) is 1. The second-order valence-corrected chi connectivity index (χ2v) is 4.82. The number of aromatic nitrogens is 2. The second kappa shape index (κ2) is 3.80. The lowest BCUT2D eigenvalue weighted by atomic mass is 9.87. The van der Waals surface area contributed by atoms with Crippen molar-refractivity contribution in [2.45, 2.75) is 12.5 Å². The molecule has 6 nitrogen and oxygen atoms in total. The molecule has 0 spiro atoms. The van der Waals surface area contributed by atoms with Gasteiger partial charge in [-0.2, -0.15) is 5.10 Å². The largest absolute Gasteiger partial charge is 0.384 e. The Morgan fingerprint density at radius 1 is 1.50 bits per heavy atom. The monoisotopic (exact) mass is 276 g/mol. The van der Waals surface area contributed by atoms with Gasteiger partial charge in [-0.15, -0.1) is 0 Å². The van der Waals surface area contributed by atoms with Gasteiger partial charge in [0.25, 0.3) is 5.91 Å². The normalized spacial score (nSPS) is 20.9. The van der Waals surface area contributed by atoms with Crippen LogP contribution >= 0.6 is 0 Å². The van der Waals surface area contributed by atoms with Crippen LogP contribution < -0.4 is 11.1 Å². The highest BCUT2D eigenvalue weighted by molar-refractivity contribution is 6.08. The van der Waals surface area contributed by atoms with Crippen molar-refractivity contribution in [2.24, 2.45) is 7.05 Å². The molecular weight excluding hydrogens is 263 g/mol. The van der Waals surface area contributed by atoms with E-state index in [1.54, 1.807) is 14.0 Å². The minimum Gasteiger partial charge on any atom is -0.384 e. The molecule has 0 unspecified atom stereocenters. The number of hydrogen-bond acceptors (Lipinski definition) is 4. The summed E-state index contributed by atoms with van der Waals surface area (Å²) in [5.74, 6) is -1.04. The Bertz CT molecular complexity index is 740. The number of aryl methyl sites for hydroxylation is 2. The van der Waals surface area contributed by atoms with Crippen LogP contribution in [0.3, 0.4) is 0 Å². The van der Waals surface area contributed by atoms with Gasteiger partial charge < -0.3 is 16.2 Å². The molecule has 20 heavy (non-hydrogen) atoms. The summed E-state index contributed by atoms with van der Waals surface area (Å²) in [4.78, 5) is 12.2. The third-order valence-electron chi connectivity index (χ3n) is 3.58. The van der Waals surface area contributed by atoms with Crippen molar-refractivity contribution in [1.82, 2.24) is 9.78 Å². The standard InChI is InChI=1S/C13H13FN4O2/c1-6-10(11(15)18(2)17-6)13(20)8-5-7(14)3-4-9(8)16-12(13)19/h3-5,20H,15H2,1-2H3,(H,16,19)/t13-/m1/s1. The Balaban J connectivity index is 2.32. The number of fused-ring (bicyclic) bond motifs is 1. The van der Waals surface area contributed by atoms with E-state index in [4.69, 9.17) is 5.73 Å². The number of amides is 1. The Labute approximate surface area is 114 Å². The van der Waals surface area contributed by atoms with Crippen LogP contribution in [0.25, 0.3) is 0 Å². The summed E-state index contributed by atoms with van der Waals surface area (Å²) < 4.78 is 14.8. The Morgan fingerprint density at radius 2 is 2.20 bits per heavy atom. The first-order valence-electron chi connectivity index (χ1n) is 5.99. The average molecular weight is 276 g/mol. The van der Waals surface area contributed by atoms with Crippen LogP contribution in [0.2, 0.25) is 0 Å². The summed E-state index contributed by atoms with van der Waals surface area (Å²) in [5, 5.41) is 17.5. The number of hydrogen-bond donors (Lipinski definition) is 3. The number of aliphatic hydroxyl groups is 1. The Hall–Kier alpha value is -2.41. The molecule has 1 aliphatic heterocycles. The quantitative estimate of drug-likeness (QED) is 0.712. The van der Waals surface area contributed by atoms with Gasteiger partial charge in [-0.3, -0.25) is 9.48 Å². The van der Waals surface area contributed by atoms with Crippen LogP contribution in [0, 0.1) is 12.7 Å². The average Bonchev–Trinajstić information content (AvgIpc) is 2.77. The maximum Gasteiger partial charge on any atom is 0.266 e. The van der Waals surface area contributed by atoms with Gasteiger partial charge in [0.1, 0.15) is 11.6 Å². The number of anilines is 2. The smallest absolute Gasteiger partial charge is 0.266 e. The molecule has 1 aliphatic rings. The molecule has 7 heteroatoms. The van der Waals surface area contributed by atoms with Crippen LogP contribution in [0.1, 0.15) is 16.8 Å². The highest BCUT2D eigenvalue weighted by Gasteiger charge is 2.50. The van der Waals surface area contributed by atoms with E-state index >= 15 is 0 Å². The van der Waals surface area contributed by atoms with E-state index in [2.05, 4.69) is 10.4 Å². The third-order valence-corrected chi connectivity index (χ3v) is 3.58. The summed E-state index contributed by atoms with van der Waals surface area (Å²) in [6.45, 7) is 1.63. The lowest BCUT2D eigenvalue weighted by molar-refractivity contribution is -0.129. The molecule has 1 aromatic carbocycles. The fourth-order valence-corrected chi connectivity index (χ4v) is 2.63. The number of halogens is 1. The minimum absolute atomic E-state index is 0.144. The number of carbonyl (C=O) groups excluding carboxylic acids is 1. The molecule has 2 aromatic rings. The van der Waals surface area contributed by atoms with Crippen molar-refractivity contribution < 1.29 is 14.3 Å². The van der Waals surface area contributed by atoms with E-state index in [9.17, 15) is 14.3 Å². The fraction of sp³-hybridized carbons (Fsp3) is 0.231. The van der Waals surface area contributed by atoms with Gasteiger partial charge in [0.15, 0.2) is 0 Å². The zero-order chi connectivity index (χ0) is 14.7. The highest BCUT2D eigenvalue weighted by Crippen LogP contribution is 2.44. The number of benzene rings is 1. The van der Waals surface area contributed by atoms with Gasteiger partial charge in [0.05, 0.1) is 11.3 Å². The van der Waals surface area contributed by atoms with Crippen LogP contribution in [-0.2, 0) is 17.4 Å². The number of carbonyl (C=O) groups is 1. The molecule has 1 atom stereocenters. The van der Waals surface area contributed by atoms with Gasteiger partial charge in [0, 0.05) is 18.3 Å². The molecule has 3 rings (SSSR count). The summed E-state index contributed by atoms with van der Waals surface area (Å²) in [6.07, 6.45) is 0. The van der Waals surface area contributed by atoms with E-state index in [-0.39, 0.29) is 16.9 Å². The predicted octanol–water partition coefficient (Wildman–Crippen LogP) is 0.638. The molecule has 0 radical (unpaired) electrons. The van der Waals surface area contributed by atoms with Crippen molar-refractivity contribution in [3.8, 4) is 0 Å². The zero-order valence-electron chi connectivity index (χ0n) is 10.9. The predicted molar refractivity (Wildman–Crippen MR) is 70.4 cm³/mol. The number of rotatable bonds is 1. The topological polar surface area (TPSA) is 93.2 Å². The molecule has 0 aliphatic carbocycles. The molecule has 1 amide bonds.